The topological polar surface area (TPSA) is 50.9 Å². The van der Waals surface area contributed by atoms with Crippen LogP contribution in [-0.2, 0) is 0 Å². The number of aromatic nitrogens is 1. The largest absolute Gasteiger partial charge is 0.383 e. The molecule has 4 heteroatoms. The molecule has 0 aliphatic heterocycles. The predicted molar refractivity (Wildman–Crippen MR) is 61.5 cm³/mol. The fraction of sp³-hybridized carbons (Fsp3) is 0.700. The second kappa shape index (κ2) is 4.17. The van der Waals surface area contributed by atoms with E-state index in [9.17, 15) is 0 Å². The summed E-state index contributed by atoms with van der Waals surface area (Å²) < 4.78 is 4.04. The molecule has 0 saturated heterocycles. The van der Waals surface area contributed by atoms with Crippen LogP contribution < -0.4 is 11.1 Å². The number of nitrogens with one attached hydrogen (secondary N) is 1. The summed E-state index contributed by atoms with van der Waals surface area (Å²) in [5.74, 6) is 2.32. The van der Waals surface area contributed by atoms with Gasteiger partial charge in [-0.05, 0) is 29.8 Å². The van der Waals surface area contributed by atoms with Crippen LogP contribution in [0.5, 0.6) is 0 Å². The minimum absolute atomic E-state index is 0.622. The number of rotatable bonds is 3. The minimum Gasteiger partial charge on any atom is -0.383 e. The summed E-state index contributed by atoms with van der Waals surface area (Å²) in [6.45, 7) is 3.42. The van der Waals surface area contributed by atoms with Crippen molar-refractivity contribution in [3.63, 3.8) is 0 Å². The lowest BCUT2D eigenvalue weighted by molar-refractivity contribution is 0.440. The van der Waals surface area contributed by atoms with E-state index in [1.807, 2.05) is 6.07 Å². The highest BCUT2D eigenvalue weighted by Crippen LogP contribution is 2.31. The van der Waals surface area contributed by atoms with Gasteiger partial charge in [0.1, 0.15) is 10.8 Å². The Kier molecular flexibility index (Phi) is 2.91. The Labute approximate surface area is 88.9 Å². The number of hydrogen-bond donors (Lipinski definition) is 2. The second-order valence-corrected chi connectivity index (χ2v) is 4.97. The van der Waals surface area contributed by atoms with Crippen LogP contribution in [0.25, 0.3) is 0 Å². The van der Waals surface area contributed by atoms with Crippen LogP contribution in [0, 0.1) is 11.8 Å². The molecule has 0 spiro atoms. The lowest BCUT2D eigenvalue weighted by Gasteiger charge is -2.15. The molecule has 2 rings (SSSR count). The molecule has 1 aliphatic carbocycles. The molecule has 2 unspecified atom stereocenters. The van der Waals surface area contributed by atoms with Crippen LogP contribution in [0.3, 0.4) is 0 Å². The van der Waals surface area contributed by atoms with Gasteiger partial charge in [-0.1, -0.05) is 19.8 Å². The van der Waals surface area contributed by atoms with Crippen LogP contribution in [-0.4, -0.2) is 10.9 Å². The van der Waals surface area contributed by atoms with Crippen molar-refractivity contribution in [2.24, 2.45) is 11.8 Å². The zero-order valence-corrected chi connectivity index (χ0v) is 9.31. The van der Waals surface area contributed by atoms with Crippen molar-refractivity contribution in [3.05, 3.63) is 6.07 Å². The van der Waals surface area contributed by atoms with Gasteiger partial charge in [0.25, 0.3) is 0 Å². The fourth-order valence-corrected chi connectivity index (χ4v) is 2.71. The summed E-state index contributed by atoms with van der Waals surface area (Å²) in [4.78, 5) is 0. The number of nitrogens with zero attached hydrogens (tertiary/aromatic N) is 1. The van der Waals surface area contributed by atoms with E-state index in [1.54, 1.807) is 0 Å². The third kappa shape index (κ3) is 2.18. The first kappa shape index (κ1) is 9.77. The van der Waals surface area contributed by atoms with Crippen molar-refractivity contribution in [3.8, 4) is 0 Å². The number of nitrogen functional groups attached to an aromatic ring is 1. The van der Waals surface area contributed by atoms with Crippen LogP contribution >= 0.6 is 11.5 Å². The standard InChI is InChI=1S/C10H17N3S/c1-7-3-2-4-8(7)6-12-10-5-9(11)13-14-10/h5,7-8,12H,2-4,6H2,1H3,(H2,11,13). The average molecular weight is 211 g/mol. The quantitative estimate of drug-likeness (QED) is 0.808. The first-order valence-electron chi connectivity index (χ1n) is 5.22. The van der Waals surface area contributed by atoms with Crippen molar-refractivity contribution < 1.29 is 0 Å². The van der Waals surface area contributed by atoms with Gasteiger partial charge in [0.2, 0.25) is 0 Å². The third-order valence-electron chi connectivity index (χ3n) is 3.11. The van der Waals surface area contributed by atoms with E-state index in [-0.39, 0.29) is 0 Å². The van der Waals surface area contributed by atoms with Crippen molar-refractivity contribution in [2.75, 3.05) is 17.6 Å². The van der Waals surface area contributed by atoms with E-state index < -0.39 is 0 Å². The van der Waals surface area contributed by atoms with Crippen molar-refractivity contribution in [2.45, 2.75) is 26.2 Å². The SMILES string of the molecule is CC1CCCC1CNc1cc(N)ns1. The molecule has 1 aromatic rings. The number of nitrogens with two attached hydrogens (primary N) is 1. The average Bonchev–Trinajstić information content (AvgIpc) is 2.72. The zero-order chi connectivity index (χ0) is 9.97. The highest BCUT2D eigenvalue weighted by Gasteiger charge is 2.22. The van der Waals surface area contributed by atoms with Gasteiger partial charge in [0.05, 0.1) is 0 Å². The monoisotopic (exact) mass is 211 g/mol. The molecular formula is C10H17N3S. The molecule has 3 N–H and O–H groups in total. The van der Waals surface area contributed by atoms with Gasteiger partial charge in [-0.3, -0.25) is 0 Å². The summed E-state index contributed by atoms with van der Waals surface area (Å²) in [5.41, 5.74) is 5.55. The molecule has 14 heavy (non-hydrogen) atoms. The molecule has 0 amide bonds. The van der Waals surface area contributed by atoms with E-state index >= 15 is 0 Å². The maximum absolute atomic E-state index is 5.55. The van der Waals surface area contributed by atoms with E-state index in [0.717, 1.165) is 23.4 Å². The molecule has 1 fully saturated rings. The highest BCUT2D eigenvalue weighted by atomic mass is 32.1. The van der Waals surface area contributed by atoms with E-state index in [2.05, 4.69) is 16.6 Å². The maximum Gasteiger partial charge on any atom is 0.139 e. The minimum atomic E-state index is 0.622. The molecule has 1 saturated carbocycles. The van der Waals surface area contributed by atoms with Gasteiger partial charge in [0.15, 0.2) is 0 Å². The number of hydrogen-bond acceptors (Lipinski definition) is 4. The van der Waals surface area contributed by atoms with Gasteiger partial charge < -0.3 is 11.1 Å². The fourth-order valence-electron chi connectivity index (χ4n) is 2.13. The summed E-state index contributed by atoms with van der Waals surface area (Å²) in [6.07, 6.45) is 4.14. The first-order chi connectivity index (χ1) is 6.75. The molecule has 1 aromatic heterocycles. The molecule has 1 heterocycles. The summed E-state index contributed by atoms with van der Waals surface area (Å²) in [5, 5.41) is 4.51. The van der Waals surface area contributed by atoms with Crippen molar-refractivity contribution in [1.82, 2.24) is 4.37 Å². The Morgan fingerprint density at radius 1 is 1.64 bits per heavy atom. The van der Waals surface area contributed by atoms with Gasteiger partial charge >= 0.3 is 0 Å². The Balaban J connectivity index is 1.82. The Bertz CT molecular complexity index is 297. The maximum atomic E-state index is 5.55. The summed E-state index contributed by atoms with van der Waals surface area (Å²) in [6, 6.07) is 1.91. The second-order valence-electron chi connectivity index (χ2n) is 4.17. The lowest BCUT2D eigenvalue weighted by Crippen LogP contribution is -2.15. The smallest absolute Gasteiger partial charge is 0.139 e. The van der Waals surface area contributed by atoms with Crippen LogP contribution in [0.1, 0.15) is 26.2 Å². The third-order valence-corrected chi connectivity index (χ3v) is 3.87. The highest BCUT2D eigenvalue weighted by molar-refractivity contribution is 7.10. The van der Waals surface area contributed by atoms with Gasteiger partial charge in [-0.15, -0.1) is 0 Å². The van der Waals surface area contributed by atoms with Crippen molar-refractivity contribution in [1.29, 1.82) is 0 Å². The molecule has 2 atom stereocenters. The van der Waals surface area contributed by atoms with Gasteiger partial charge in [-0.2, -0.15) is 4.37 Å². The zero-order valence-electron chi connectivity index (χ0n) is 8.49. The molecule has 0 bridgehead atoms. The Morgan fingerprint density at radius 2 is 2.50 bits per heavy atom. The van der Waals surface area contributed by atoms with Crippen LogP contribution in [0.4, 0.5) is 10.8 Å². The lowest BCUT2D eigenvalue weighted by atomic mass is 9.98. The molecule has 1 aliphatic rings. The Morgan fingerprint density at radius 3 is 3.07 bits per heavy atom. The normalized spacial score (nSPS) is 26.6. The Hall–Kier alpha value is -0.770. The molecule has 0 aromatic carbocycles. The van der Waals surface area contributed by atoms with E-state index in [0.29, 0.717) is 5.82 Å². The van der Waals surface area contributed by atoms with Crippen molar-refractivity contribution >= 4 is 22.4 Å². The van der Waals surface area contributed by atoms with E-state index in [4.69, 9.17) is 5.73 Å². The number of anilines is 2. The first-order valence-corrected chi connectivity index (χ1v) is 5.99. The molecular weight excluding hydrogens is 194 g/mol. The molecule has 78 valence electrons. The van der Waals surface area contributed by atoms with Crippen LogP contribution in [0.15, 0.2) is 6.07 Å². The summed E-state index contributed by atoms with van der Waals surface area (Å²) in [7, 11) is 0. The molecule has 0 radical (unpaired) electrons. The molecule has 3 nitrogen and oxygen atoms in total. The van der Waals surface area contributed by atoms with Crippen LogP contribution in [0.2, 0.25) is 0 Å². The summed E-state index contributed by atoms with van der Waals surface area (Å²) >= 11 is 1.45. The van der Waals surface area contributed by atoms with Gasteiger partial charge in [-0.25, -0.2) is 0 Å². The van der Waals surface area contributed by atoms with E-state index in [1.165, 1.54) is 30.8 Å². The van der Waals surface area contributed by atoms with Gasteiger partial charge in [0, 0.05) is 12.6 Å². The predicted octanol–water partition coefficient (Wildman–Crippen LogP) is 2.57.